The van der Waals surface area contributed by atoms with Crippen molar-refractivity contribution in [1.29, 1.82) is 0 Å². The lowest BCUT2D eigenvalue weighted by Crippen LogP contribution is -2.20. The van der Waals surface area contributed by atoms with Gasteiger partial charge < -0.3 is 4.74 Å². The average Bonchev–Trinajstić information content (AvgIpc) is 2.96. The molecule has 0 radical (unpaired) electrons. The number of ether oxygens (including phenoxy) is 1. The zero-order chi connectivity index (χ0) is 27.5. The van der Waals surface area contributed by atoms with Crippen molar-refractivity contribution in [1.82, 2.24) is 0 Å². The molecule has 214 valence electrons. The van der Waals surface area contributed by atoms with Crippen molar-refractivity contribution in [2.24, 2.45) is 0 Å². The fourth-order valence-corrected chi connectivity index (χ4v) is 5.72. The summed E-state index contributed by atoms with van der Waals surface area (Å²) in [7, 11) is 0. The number of hydrogen-bond acceptors (Lipinski definition) is 3. The molecule has 0 saturated heterocycles. The molecule has 2 aromatic rings. The topological polar surface area (TPSA) is 43.4 Å². The third-order valence-corrected chi connectivity index (χ3v) is 8.16. The van der Waals surface area contributed by atoms with Gasteiger partial charge in [-0.05, 0) is 24.6 Å². The number of hydrogen-bond donors (Lipinski definition) is 0. The Hall–Kier alpha value is -2.42. The molecule has 0 aromatic heterocycles. The molecule has 0 amide bonds. The Kier molecular flexibility index (Phi) is 15.0. The van der Waals surface area contributed by atoms with Crippen molar-refractivity contribution in [3.63, 3.8) is 0 Å². The van der Waals surface area contributed by atoms with Crippen molar-refractivity contribution < 1.29 is 14.3 Å². The first kappa shape index (κ1) is 31.1. The van der Waals surface area contributed by atoms with Gasteiger partial charge in [0.05, 0.1) is 6.61 Å². The Labute approximate surface area is 238 Å². The summed E-state index contributed by atoms with van der Waals surface area (Å²) in [5.74, 6) is 0.498. The van der Waals surface area contributed by atoms with E-state index >= 15 is 0 Å². The molecule has 0 fully saturated rings. The van der Waals surface area contributed by atoms with E-state index in [4.69, 9.17) is 4.74 Å². The van der Waals surface area contributed by atoms with E-state index in [1.165, 1.54) is 122 Å². The average molecular weight is 533 g/mol. The third-order valence-electron chi connectivity index (χ3n) is 8.16. The Bertz CT molecular complexity index is 993. The minimum absolute atomic E-state index is 0.0826. The first-order chi connectivity index (χ1) is 19.2. The SMILES string of the molecule is CCCCCCCCCCCCCCCCCCCCCCOc1ccc2c(c1)C(=O)c1ccccc1C2=O. The van der Waals surface area contributed by atoms with Gasteiger partial charge in [0.25, 0.3) is 0 Å². The highest BCUT2D eigenvalue weighted by Gasteiger charge is 2.29. The molecule has 2 aromatic carbocycles. The van der Waals surface area contributed by atoms with Gasteiger partial charge in [0, 0.05) is 22.3 Å². The molecule has 1 aliphatic carbocycles. The van der Waals surface area contributed by atoms with Gasteiger partial charge in [0.1, 0.15) is 5.75 Å². The van der Waals surface area contributed by atoms with Crippen molar-refractivity contribution in [3.8, 4) is 5.75 Å². The van der Waals surface area contributed by atoms with Crippen LogP contribution in [0.2, 0.25) is 0 Å². The molecule has 0 N–H and O–H groups in total. The Morgan fingerprint density at radius 2 is 0.846 bits per heavy atom. The van der Waals surface area contributed by atoms with Crippen LogP contribution in [0.1, 0.15) is 167 Å². The lowest BCUT2D eigenvalue weighted by Gasteiger charge is -2.18. The molecule has 0 saturated carbocycles. The number of fused-ring (bicyclic) bond motifs is 2. The van der Waals surface area contributed by atoms with Gasteiger partial charge in [-0.3, -0.25) is 9.59 Å². The van der Waals surface area contributed by atoms with E-state index in [1.807, 2.05) is 6.07 Å². The zero-order valence-electron chi connectivity index (χ0n) is 24.6. The van der Waals surface area contributed by atoms with Crippen LogP contribution in [0, 0.1) is 0 Å². The number of unbranched alkanes of at least 4 members (excludes halogenated alkanes) is 19. The van der Waals surface area contributed by atoms with Crippen LogP contribution in [0.15, 0.2) is 42.5 Å². The predicted molar refractivity (Wildman–Crippen MR) is 163 cm³/mol. The molecule has 0 heterocycles. The second kappa shape index (κ2) is 18.8. The molecule has 0 bridgehead atoms. The number of benzene rings is 2. The molecule has 0 spiro atoms. The fraction of sp³-hybridized carbons (Fsp3) is 0.611. The molecule has 0 atom stereocenters. The van der Waals surface area contributed by atoms with E-state index in [1.54, 1.807) is 36.4 Å². The lowest BCUT2D eigenvalue weighted by atomic mass is 9.84. The van der Waals surface area contributed by atoms with Crippen LogP contribution in [0.4, 0.5) is 0 Å². The van der Waals surface area contributed by atoms with Crippen molar-refractivity contribution in [2.75, 3.05) is 6.61 Å². The highest BCUT2D eigenvalue weighted by atomic mass is 16.5. The fourth-order valence-electron chi connectivity index (χ4n) is 5.72. The first-order valence-corrected chi connectivity index (χ1v) is 16.2. The normalized spacial score (nSPS) is 12.4. The smallest absolute Gasteiger partial charge is 0.194 e. The van der Waals surface area contributed by atoms with Crippen molar-refractivity contribution in [3.05, 3.63) is 64.7 Å². The largest absolute Gasteiger partial charge is 0.494 e. The zero-order valence-corrected chi connectivity index (χ0v) is 24.6. The summed E-state index contributed by atoms with van der Waals surface area (Å²) < 4.78 is 5.92. The van der Waals surface area contributed by atoms with E-state index in [2.05, 4.69) is 6.92 Å². The molecule has 0 unspecified atom stereocenters. The van der Waals surface area contributed by atoms with Crippen LogP contribution in [0.3, 0.4) is 0 Å². The van der Waals surface area contributed by atoms with E-state index in [9.17, 15) is 9.59 Å². The highest BCUT2D eigenvalue weighted by Crippen LogP contribution is 2.30. The van der Waals surface area contributed by atoms with Gasteiger partial charge in [-0.1, -0.05) is 153 Å². The molecule has 39 heavy (non-hydrogen) atoms. The quantitative estimate of drug-likeness (QED) is 0.121. The van der Waals surface area contributed by atoms with Crippen molar-refractivity contribution in [2.45, 2.75) is 135 Å². The summed E-state index contributed by atoms with van der Waals surface area (Å²) in [6.45, 7) is 2.94. The van der Waals surface area contributed by atoms with Crippen LogP contribution in [-0.4, -0.2) is 18.2 Å². The second-order valence-corrected chi connectivity index (χ2v) is 11.5. The van der Waals surface area contributed by atoms with Crippen LogP contribution in [-0.2, 0) is 0 Å². The number of carbonyl (C=O) groups excluding carboxylic acids is 2. The maximum atomic E-state index is 12.9. The third kappa shape index (κ3) is 10.9. The molecular weight excluding hydrogens is 480 g/mol. The Balaban J connectivity index is 1.12. The minimum atomic E-state index is -0.0931. The molecule has 3 nitrogen and oxygen atoms in total. The number of rotatable bonds is 22. The maximum absolute atomic E-state index is 12.9. The van der Waals surface area contributed by atoms with E-state index in [0.29, 0.717) is 34.6 Å². The molecule has 0 aliphatic heterocycles. The van der Waals surface area contributed by atoms with Gasteiger partial charge in [-0.2, -0.15) is 0 Å². The van der Waals surface area contributed by atoms with Gasteiger partial charge in [-0.15, -0.1) is 0 Å². The summed E-state index contributed by atoms with van der Waals surface area (Å²) in [4.78, 5) is 25.6. The van der Waals surface area contributed by atoms with E-state index in [-0.39, 0.29) is 11.6 Å². The number of carbonyl (C=O) groups is 2. The summed E-state index contributed by atoms with van der Waals surface area (Å²) in [6.07, 6.45) is 27.5. The summed E-state index contributed by atoms with van der Waals surface area (Å²) in [6, 6.07) is 12.3. The summed E-state index contributed by atoms with van der Waals surface area (Å²) in [5.41, 5.74) is 1.92. The molecule has 1 aliphatic rings. The van der Waals surface area contributed by atoms with Gasteiger partial charge in [0.15, 0.2) is 11.6 Å². The van der Waals surface area contributed by atoms with Crippen LogP contribution in [0.5, 0.6) is 5.75 Å². The van der Waals surface area contributed by atoms with Gasteiger partial charge in [-0.25, -0.2) is 0 Å². The molecule has 3 rings (SSSR count). The Morgan fingerprint density at radius 3 is 1.31 bits per heavy atom. The van der Waals surface area contributed by atoms with Crippen molar-refractivity contribution >= 4 is 11.6 Å². The van der Waals surface area contributed by atoms with Crippen LogP contribution >= 0.6 is 0 Å². The first-order valence-electron chi connectivity index (χ1n) is 16.2. The van der Waals surface area contributed by atoms with E-state index < -0.39 is 0 Å². The van der Waals surface area contributed by atoms with Crippen LogP contribution < -0.4 is 4.74 Å². The van der Waals surface area contributed by atoms with E-state index in [0.717, 1.165) is 6.42 Å². The minimum Gasteiger partial charge on any atom is -0.494 e. The molecule has 3 heteroatoms. The monoisotopic (exact) mass is 532 g/mol. The second-order valence-electron chi connectivity index (χ2n) is 11.5. The highest BCUT2D eigenvalue weighted by molar-refractivity contribution is 6.28. The predicted octanol–water partition coefficient (Wildman–Crippen LogP) is 10.7. The van der Waals surface area contributed by atoms with Crippen LogP contribution in [0.25, 0.3) is 0 Å². The van der Waals surface area contributed by atoms with Gasteiger partial charge in [0.2, 0.25) is 0 Å². The molecular formula is C36H52O3. The number of ketones is 2. The standard InChI is InChI=1S/C36H52O3/c1-2-3-4-5-6-7-8-9-10-11-12-13-14-15-16-17-18-19-20-23-28-39-30-26-27-33-34(29-30)36(38)32-25-22-21-24-31(32)35(33)37/h21-22,24-27,29H,2-20,23,28H2,1H3. The summed E-state index contributed by atoms with van der Waals surface area (Å²) >= 11 is 0. The maximum Gasteiger partial charge on any atom is 0.194 e. The Morgan fingerprint density at radius 1 is 0.462 bits per heavy atom. The summed E-state index contributed by atoms with van der Waals surface area (Å²) in [5, 5.41) is 0. The lowest BCUT2D eigenvalue weighted by molar-refractivity contribution is 0.0978. The van der Waals surface area contributed by atoms with Gasteiger partial charge >= 0.3 is 0 Å².